The second kappa shape index (κ2) is 9.40. The van der Waals surface area contributed by atoms with E-state index in [4.69, 9.17) is 14.2 Å². The van der Waals surface area contributed by atoms with Crippen LogP contribution in [0.4, 0.5) is 11.4 Å². The lowest BCUT2D eigenvalue weighted by molar-refractivity contribution is 0.102. The van der Waals surface area contributed by atoms with Crippen molar-refractivity contribution in [1.82, 2.24) is 0 Å². The molecule has 0 unspecified atom stereocenters. The van der Waals surface area contributed by atoms with Crippen LogP contribution in [-0.4, -0.2) is 35.7 Å². The summed E-state index contributed by atoms with van der Waals surface area (Å²) in [7, 11) is 0.368. The van der Waals surface area contributed by atoms with Crippen LogP contribution in [0.1, 0.15) is 10.4 Å². The summed E-state index contributed by atoms with van der Waals surface area (Å²) in [6.45, 7) is 0. The molecule has 162 valence electrons. The van der Waals surface area contributed by atoms with E-state index in [1.807, 2.05) is 0 Å². The summed E-state index contributed by atoms with van der Waals surface area (Å²) in [6.07, 6.45) is 0. The lowest BCUT2D eigenvalue weighted by Gasteiger charge is -2.15. The standard InChI is InChI=1S/C22H22N2O6S/c1-28-19-11-7-6-10-18(19)23-22(25)16-8-4-5-9-17(16)24-31(26,27)15-12-13-20(29-2)21(14-15)30-3/h4-14,24H,1-3H3,(H,23,25). The third kappa shape index (κ3) is 4.89. The largest absolute Gasteiger partial charge is 0.495 e. The molecule has 0 fully saturated rings. The number of para-hydroxylation sites is 3. The Balaban J connectivity index is 1.90. The van der Waals surface area contributed by atoms with Crippen molar-refractivity contribution in [2.24, 2.45) is 0 Å². The lowest BCUT2D eigenvalue weighted by Crippen LogP contribution is -2.19. The topological polar surface area (TPSA) is 103 Å². The first-order valence-electron chi connectivity index (χ1n) is 9.18. The van der Waals surface area contributed by atoms with Crippen molar-refractivity contribution < 1.29 is 27.4 Å². The van der Waals surface area contributed by atoms with E-state index in [1.54, 1.807) is 36.4 Å². The van der Waals surface area contributed by atoms with Gasteiger partial charge in [-0.2, -0.15) is 0 Å². The SMILES string of the molecule is COc1ccccc1NC(=O)c1ccccc1NS(=O)(=O)c1ccc(OC)c(OC)c1. The number of carbonyl (C=O) groups is 1. The van der Waals surface area contributed by atoms with Crippen molar-refractivity contribution in [2.75, 3.05) is 31.4 Å². The predicted molar refractivity (Wildman–Crippen MR) is 118 cm³/mol. The number of amides is 1. The second-order valence-electron chi connectivity index (χ2n) is 6.32. The zero-order valence-electron chi connectivity index (χ0n) is 17.2. The summed E-state index contributed by atoms with van der Waals surface area (Å²) < 4.78 is 43.9. The Hall–Kier alpha value is -3.72. The third-order valence-corrected chi connectivity index (χ3v) is 5.80. The zero-order valence-corrected chi connectivity index (χ0v) is 18.0. The maximum Gasteiger partial charge on any atom is 0.262 e. The van der Waals surface area contributed by atoms with Crippen LogP contribution >= 0.6 is 0 Å². The quantitative estimate of drug-likeness (QED) is 0.551. The molecule has 0 heterocycles. The molecule has 3 aromatic carbocycles. The Kier molecular flexibility index (Phi) is 6.66. The number of hydrogen-bond acceptors (Lipinski definition) is 6. The highest BCUT2D eigenvalue weighted by Crippen LogP contribution is 2.31. The fourth-order valence-corrected chi connectivity index (χ4v) is 3.99. The van der Waals surface area contributed by atoms with Gasteiger partial charge in [-0.15, -0.1) is 0 Å². The van der Waals surface area contributed by atoms with Gasteiger partial charge >= 0.3 is 0 Å². The molecule has 0 saturated carbocycles. The molecular weight excluding hydrogens is 420 g/mol. The normalized spacial score (nSPS) is 10.8. The Labute approximate surface area is 180 Å². The molecule has 8 nitrogen and oxygen atoms in total. The van der Waals surface area contributed by atoms with Crippen LogP contribution in [0, 0.1) is 0 Å². The molecule has 0 atom stereocenters. The van der Waals surface area contributed by atoms with Gasteiger partial charge in [0, 0.05) is 6.07 Å². The van der Waals surface area contributed by atoms with Crippen LogP contribution in [0.2, 0.25) is 0 Å². The highest BCUT2D eigenvalue weighted by molar-refractivity contribution is 7.92. The summed E-state index contributed by atoms with van der Waals surface area (Å²) in [5, 5.41) is 2.74. The van der Waals surface area contributed by atoms with E-state index in [0.29, 0.717) is 17.2 Å². The summed E-state index contributed by atoms with van der Waals surface area (Å²) in [5.74, 6) is 0.667. The first-order chi connectivity index (χ1) is 14.9. The number of hydrogen-bond donors (Lipinski definition) is 2. The van der Waals surface area contributed by atoms with E-state index in [1.165, 1.54) is 51.7 Å². The third-order valence-electron chi connectivity index (χ3n) is 4.44. The monoisotopic (exact) mass is 442 g/mol. The van der Waals surface area contributed by atoms with Crippen molar-refractivity contribution in [1.29, 1.82) is 0 Å². The summed E-state index contributed by atoms with van der Waals surface area (Å²) in [5.41, 5.74) is 0.745. The van der Waals surface area contributed by atoms with Gasteiger partial charge in [0.15, 0.2) is 11.5 Å². The zero-order chi connectivity index (χ0) is 22.4. The first kappa shape index (κ1) is 22.0. The fraction of sp³-hybridized carbons (Fsp3) is 0.136. The maximum absolute atomic E-state index is 12.9. The van der Waals surface area contributed by atoms with Gasteiger partial charge in [-0.05, 0) is 36.4 Å². The molecule has 3 aromatic rings. The number of benzene rings is 3. The van der Waals surface area contributed by atoms with Gasteiger partial charge in [0.2, 0.25) is 0 Å². The van der Waals surface area contributed by atoms with Gasteiger partial charge in [0.1, 0.15) is 5.75 Å². The molecule has 0 bridgehead atoms. The van der Waals surface area contributed by atoms with Crippen molar-refractivity contribution >= 4 is 27.3 Å². The first-order valence-corrected chi connectivity index (χ1v) is 10.7. The summed E-state index contributed by atoms with van der Waals surface area (Å²) >= 11 is 0. The van der Waals surface area contributed by atoms with Gasteiger partial charge in [-0.25, -0.2) is 8.42 Å². The van der Waals surface area contributed by atoms with Crippen molar-refractivity contribution in [3.63, 3.8) is 0 Å². The molecular formula is C22H22N2O6S. The van der Waals surface area contributed by atoms with Crippen LogP contribution in [0.25, 0.3) is 0 Å². The Morgan fingerprint density at radius 2 is 1.35 bits per heavy atom. The van der Waals surface area contributed by atoms with E-state index >= 15 is 0 Å². The smallest absolute Gasteiger partial charge is 0.262 e. The molecule has 0 aromatic heterocycles. The Morgan fingerprint density at radius 3 is 2.03 bits per heavy atom. The lowest BCUT2D eigenvalue weighted by atomic mass is 10.1. The highest BCUT2D eigenvalue weighted by atomic mass is 32.2. The molecule has 0 saturated heterocycles. The molecule has 0 radical (unpaired) electrons. The van der Waals surface area contributed by atoms with E-state index in [-0.39, 0.29) is 21.9 Å². The molecule has 2 N–H and O–H groups in total. The number of nitrogens with one attached hydrogen (secondary N) is 2. The maximum atomic E-state index is 12.9. The average molecular weight is 442 g/mol. The van der Waals surface area contributed by atoms with Gasteiger partial charge in [-0.3, -0.25) is 9.52 Å². The molecule has 9 heteroatoms. The van der Waals surface area contributed by atoms with Crippen LogP contribution in [0.15, 0.2) is 71.6 Å². The van der Waals surface area contributed by atoms with Crippen molar-refractivity contribution in [2.45, 2.75) is 4.90 Å². The van der Waals surface area contributed by atoms with Crippen LogP contribution in [0.5, 0.6) is 17.2 Å². The molecule has 0 aliphatic rings. The minimum absolute atomic E-state index is 0.0370. The number of anilines is 2. The van der Waals surface area contributed by atoms with Gasteiger partial charge in [0.25, 0.3) is 15.9 Å². The Morgan fingerprint density at radius 1 is 0.742 bits per heavy atom. The van der Waals surface area contributed by atoms with Gasteiger partial charge in [0.05, 0.1) is 43.2 Å². The Bertz CT molecular complexity index is 1190. The summed E-state index contributed by atoms with van der Waals surface area (Å²) in [6, 6.07) is 17.5. The molecule has 1 amide bonds. The van der Waals surface area contributed by atoms with Crippen LogP contribution in [-0.2, 0) is 10.0 Å². The second-order valence-corrected chi connectivity index (χ2v) is 8.00. The molecule has 31 heavy (non-hydrogen) atoms. The van der Waals surface area contributed by atoms with Crippen molar-refractivity contribution in [3.05, 3.63) is 72.3 Å². The van der Waals surface area contributed by atoms with Gasteiger partial charge in [-0.1, -0.05) is 24.3 Å². The number of ether oxygens (including phenoxy) is 3. The highest BCUT2D eigenvalue weighted by Gasteiger charge is 2.21. The molecule has 3 rings (SSSR count). The van der Waals surface area contributed by atoms with E-state index in [0.717, 1.165) is 0 Å². The van der Waals surface area contributed by atoms with E-state index in [2.05, 4.69) is 10.0 Å². The minimum atomic E-state index is -4.00. The average Bonchev–Trinajstić information content (AvgIpc) is 2.79. The summed E-state index contributed by atoms with van der Waals surface area (Å²) in [4.78, 5) is 12.8. The van der Waals surface area contributed by atoms with Gasteiger partial charge < -0.3 is 19.5 Å². The van der Waals surface area contributed by atoms with Crippen LogP contribution in [0.3, 0.4) is 0 Å². The molecule has 0 aliphatic heterocycles. The number of sulfonamides is 1. The van der Waals surface area contributed by atoms with E-state index in [9.17, 15) is 13.2 Å². The van der Waals surface area contributed by atoms with E-state index < -0.39 is 15.9 Å². The minimum Gasteiger partial charge on any atom is -0.495 e. The molecule has 0 spiro atoms. The number of methoxy groups -OCH3 is 3. The number of carbonyl (C=O) groups excluding carboxylic acids is 1. The fourth-order valence-electron chi connectivity index (χ4n) is 2.90. The number of rotatable bonds is 8. The molecule has 0 aliphatic carbocycles. The van der Waals surface area contributed by atoms with Crippen LogP contribution < -0.4 is 24.2 Å². The van der Waals surface area contributed by atoms with Crippen molar-refractivity contribution in [3.8, 4) is 17.2 Å². The predicted octanol–water partition coefficient (Wildman–Crippen LogP) is 3.77.